The summed E-state index contributed by atoms with van der Waals surface area (Å²) in [5, 5.41) is 7.29. The zero-order valence-corrected chi connectivity index (χ0v) is 5.21. The van der Waals surface area contributed by atoms with E-state index in [9.17, 15) is 4.79 Å². The van der Waals surface area contributed by atoms with Gasteiger partial charge in [0.25, 0.3) is 0 Å². The monoisotopic (exact) mass is 156 g/mol. The molecule has 7 heteroatoms. The van der Waals surface area contributed by atoms with E-state index in [1.807, 2.05) is 0 Å². The zero-order valence-electron chi connectivity index (χ0n) is 4.40. The van der Waals surface area contributed by atoms with E-state index in [-0.39, 0.29) is 0 Å². The molecular formula is C2H4O6S. The fourth-order valence-electron chi connectivity index (χ4n) is 0. The van der Waals surface area contributed by atoms with Crippen LogP contribution in [0.3, 0.4) is 0 Å². The Morgan fingerprint density at radius 1 is 1.44 bits per heavy atom. The zero-order chi connectivity index (χ0) is 7.86. The number of carbonyl (C=O) groups excluding carboxylic acids is 1. The summed E-state index contributed by atoms with van der Waals surface area (Å²) in [6.45, 7) is 1.11. The standard InChI is InChI=1S/C2H4O3.O3S/c1-2(3)5-4;1-4(2)3/h4H,1H3;. The van der Waals surface area contributed by atoms with Gasteiger partial charge in [0.15, 0.2) is 0 Å². The predicted octanol–water partition coefficient (Wildman–Crippen LogP) is -0.982. The fourth-order valence-corrected chi connectivity index (χ4v) is 0. The van der Waals surface area contributed by atoms with Crippen LogP contribution in [-0.4, -0.2) is 23.9 Å². The largest absolute Gasteiger partial charge is 0.425 e. The van der Waals surface area contributed by atoms with Crippen molar-refractivity contribution in [2.45, 2.75) is 6.92 Å². The smallest absolute Gasteiger partial charge is 0.301 e. The minimum absolute atomic E-state index is 0.690. The van der Waals surface area contributed by atoms with Crippen LogP contribution < -0.4 is 0 Å². The van der Waals surface area contributed by atoms with E-state index in [0.717, 1.165) is 6.92 Å². The van der Waals surface area contributed by atoms with Crippen LogP contribution >= 0.6 is 0 Å². The highest BCUT2D eigenvalue weighted by atomic mass is 32.2. The Kier molecular flexibility index (Phi) is 8.56. The van der Waals surface area contributed by atoms with Crippen LogP contribution in [0, 0.1) is 0 Å². The molecular weight excluding hydrogens is 152 g/mol. The van der Waals surface area contributed by atoms with Crippen LogP contribution in [-0.2, 0) is 20.3 Å². The van der Waals surface area contributed by atoms with Gasteiger partial charge in [-0.3, -0.25) is 0 Å². The summed E-state index contributed by atoms with van der Waals surface area (Å²) >= 11 is 0. The van der Waals surface area contributed by atoms with E-state index in [4.69, 9.17) is 17.9 Å². The molecule has 0 heterocycles. The molecule has 0 rings (SSSR count). The molecule has 0 aliphatic carbocycles. The molecule has 6 nitrogen and oxygen atoms in total. The van der Waals surface area contributed by atoms with Crippen molar-refractivity contribution in [1.29, 1.82) is 0 Å². The topological polar surface area (TPSA) is 97.7 Å². The molecule has 0 fully saturated rings. The van der Waals surface area contributed by atoms with Crippen molar-refractivity contribution in [3.8, 4) is 0 Å². The molecule has 0 aromatic carbocycles. The molecule has 0 radical (unpaired) electrons. The van der Waals surface area contributed by atoms with Gasteiger partial charge in [0, 0.05) is 6.92 Å². The average molecular weight is 156 g/mol. The summed E-state index contributed by atoms with van der Waals surface area (Å²) in [7, 11) is -3.11. The van der Waals surface area contributed by atoms with Crippen LogP contribution in [0.2, 0.25) is 0 Å². The Bertz CT molecular complexity index is 155. The summed E-state index contributed by atoms with van der Waals surface area (Å²) in [6, 6.07) is 0. The minimum atomic E-state index is -3.11. The van der Waals surface area contributed by atoms with E-state index >= 15 is 0 Å². The second kappa shape index (κ2) is 7.05. The maximum Gasteiger partial charge on any atom is 0.425 e. The van der Waals surface area contributed by atoms with Crippen LogP contribution in [0.25, 0.3) is 0 Å². The molecule has 0 bridgehead atoms. The van der Waals surface area contributed by atoms with Crippen molar-refractivity contribution in [2.24, 2.45) is 0 Å². The lowest BCUT2D eigenvalue weighted by Crippen LogP contribution is -1.89. The SMILES string of the molecule is CC(=O)OO.O=S(=O)=O. The third-order valence-corrected chi connectivity index (χ3v) is 0.129. The maximum absolute atomic E-state index is 9.34. The first-order valence-electron chi connectivity index (χ1n) is 1.59. The van der Waals surface area contributed by atoms with E-state index in [1.165, 1.54) is 0 Å². The van der Waals surface area contributed by atoms with Gasteiger partial charge in [0.1, 0.15) is 0 Å². The fraction of sp³-hybridized carbons (Fsp3) is 0.500. The molecule has 9 heavy (non-hydrogen) atoms. The Morgan fingerprint density at radius 2 is 1.56 bits per heavy atom. The van der Waals surface area contributed by atoms with Gasteiger partial charge in [-0.05, 0) is 0 Å². The molecule has 54 valence electrons. The first kappa shape index (κ1) is 10.9. The van der Waals surface area contributed by atoms with Gasteiger partial charge >= 0.3 is 16.6 Å². The van der Waals surface area contributed by atoms with Crippen molar-refractivity contribution in [2.75, 3.05) is 0 Å². The Labute approximate surface area is 52.0 Å². The molecule has 0 aromatic heterocycles. The number of hydrogen-bond donors (Lipinski definition) is 1. The van der Waals surface area contributed by atoms with Crippen LogP contribution in [0.4, 0.5) is 0 Å². The molecule has 0 atom stereocenters. The third-order valence-electron chi connectivity index (χ3n) is 0.129. The van der Waals surface area contributed by atoms with Crippen molar-refractivity contribution < 1.29 is 27.6 Å². The van der Waals surface area contributed by atoms with Gasteiger partial charge in [-0.25, -0.2) is 4.79 Å². The highest BCUT2D eigenvalue weighted by Gasteiger charge is 1.79. The van der Waals surface area contributed by atoms with Crippen LogP contribution in [0.5, 0.6) is 0 Å². The molecule has 0 saturated heterocycles. The summed E-state index contributed by atoms with van der Waals surface area (Å²) < 4.78 is 25.3. The molecule has 0 spiro atoms. The second-order valence-electron chi connectivity index (χ2n) is 0.787. The number of hydrogen-bond acceptors (Lipinski definition) is 6. The third kappa shape index (κ3) is 163. The summed E-state index contributed by atoms with van der Waals surface area (Å²) in [4.78, 5) is 12.5. The van der Waals surface area contributed by atoms with Crippen LogP contribution in [0.15, 0.2) is 0 Å². The van der Waals surface area contributed by atoms with Gasteiger partial charge in [-0.2, -0.15) is 5.26 Å². The summed E-state index contributed by atoms with van der Waals surface area (Å²) in [5.74, 6) is -0.690. The number of rotatable bonds is 0. The van der Waals surface area contributed by atoms with E-state index < -0.39 is 16.6 Å². The normalized spacial score (nSPS) is 6.44. The van der Waals surface area contributed by atoms with Crippen molar-refractivity contribution >= 4 is 16.6 Å². The Morgan fingerprint density at radius 3 is 1.56 bits per heavy atom. The highest BCUT2D eigenvalue weighted by molar-refractivity contribution is 7.59. The lowest BCUT2D eigenvalue weighted by Gasteiger charge is -1.76. The van der Waals surface area contributed by atoms with E-state index in [2.05, 4.69) is 4.89 Å². The van der Waals surface area contributed by atoms with Gasteiger partial charge in [-0.15, -0.1) is 12.6 Å². The molecule has 0 unspecified atom stereocenters. The van der Waals surface area contributed by atoms with E-state index in [1.54, 1.807) is 0 Å². The second-order valence-corrected chi connectivity index (χ2v) is 1.20. The van der Waals surface area contributed by atoms with Gasteiger partial charge in [0.05, 0.1) is 0 Å². The minimum Gasteiger partial charge on any atom is -0.301 e. The van der Waals surface area contributed by atoms with Gasteiger partial charge in [0.2, 0.25) is 0 Å². The molecule has 1 N–H and O–H groups in total. The molecule has 0 saturated carbocycles. The first-order chi connectivity index (χ1) is 4.00. The lowest BCUT2D eigenvalue weighted by molar-refractivity contribution is -0.231. The first-order valence-corrected chi connectivity index (χ1v) is 2.59. The predicted molar refractivity (Wildman–Crippen MR) is 24.1 cm³/mol. The summed E-state index contributed by atoms with van der Waals surface area (Å²) in [6.07, 6.45) is 0. The molecule has 0 aliphatic rings. The lowest BCUT2D eigenvalue weighted by atomic mass is 10.9. The molecule has 0 aromatic rings. The van der Waals surface area contributed by atoms with Crippen LogP contribution in [0.1, 0.15) is 6.92 Å². The quantitative estimate of drug-likeness (QED) is 0.357. The molecule has 0 aliphatic heterocycles. The number of carbonyl (C=O) groups is 1. The van der Waals surface area contributed by atoms with Crippen molar-refractivity contribution in [3.63, 3.8) is 0 Å². The van der Waals surface area contributed by atoms with Crippen molar-refractivity contribution in [1.82, 2.24) is 0 Å². The van der Waals surface area contributed by atoms with Gasteiger partial charge in [-0.1, -0.05) is 0 Å². The maximum atomic E-state index is 9.34. The highest BCUT2D eigenvalue weighted by Crippen LogP contribution is 1.59. The summed E-state index contributed by atoms with van der Waals surface area (Å²) in [5.41, 5.74) is 0. The van der Waals surface area contributed by atoms with E-state index in [0.29, 0.717) is 0 Å². The Hall–Kier alpha value is -0.950. The van der Waals surface area contributed by atoms with Crippen molar-refractivity contribution in [3.05, 3.63) is 0 Å². The molecule has 0 amide bonds. The average Bonchev–Trinajstić information content (AvgIpc) is 1.65. The van der Waals surface area contributed by atoms with Gasteiger partial charge < -0.3 is 4.89 Å². The Balaban J connectivity index is 0.